The second-order valence-corrected chi connectivity index (χ2v) is 7.63. The smallest absolute Gasteiger partial charge is 0.328 e. The Bertz CT molecular complexity index is 973. The van der Waals surface area contributed by atoms with E-state index in [0.717, 1.165) is 22.2 Å². The van der Waals surface area contributed by atoms with Crippen molar-refractivity contribution in [3.63, 3.8) is 0 Å². The Morgan fingerprint density at radius 3 is 2.55 bits per heavy atom. The van der Waals surface area contributed by atoms with Crippen molar-refractivity contribution in [3.8, 4) is 5.75 Å². The molecule has 1 aliphatic rings. The van der Waals surface area contributed by atoms with Crippen molar-refractivity contribution in [2.75, 3.05) is 7.11 Å². The summed E-state index contributed by atoms with van der Waals surface area (Å²) >= 11 is 6.67. The number of halogens is 1. The van der Waals surface area contributed by atoms with Gasteiger partial charge in [-0.3, -0.25) is 14.5 Å². The molecule has 2 amide bonds. The van der Waals surface area contributed by atoms with Gasteiger partial charge >= 0.3 is 5.97 Å². The fourth-order valence-electron chi connectivity index (χ4n) is 2.70. The van der Waals surface area contributed by atoms with E-state index in [2.05, 4.69) is 4.74 Å². The Kier molecular flexibility index (Phi) is 6.61. The molecular formula is C21H18ClNO5S. The summed E-state index contributed by atoms with van der Waals surface area (Å²) in [6.07, 6.45) is 1.59. The standard InChI is InChI=1S/C21H18ClNO5S/c1-13(20(25)27-2)23-19(24)18(29-21(23)26)11-15-5-3-4-6-17(15)28-12-14-7-9-16(22)10-8-14/h3-11,13H,12H2,1-2H3/b18-11+/t13-/m0/s1. The largest absolute Gasteiger partial charge is 0.488 e. The highest BCUT2D eigenvalue weighted by atomic mass is 35.5. The molecule has 0 bridgehead atoms. The lowest BCUT2D eigenvalue weighted by Gasteiger charge is -2.18. The van der Waals surface area contributed by atoms with Crippen molar-refractivity contribution < 1.29 is 23.9 Å². The summed E-state index contributed by atoms with van der Waals surface area (Å²) < 4.78 is 10.5. The first kappa shape index (κ1) is 21.0. The summed E-state index contributed by atoms with van der Waals surface area (Å²) in [5.41, 5.74) is 1.59. The zero-order valence-electron chi connectivity index (χ0n) is 15.8. The van der Waals surface area contributed by atoms with Crippen LogP contribution in [-0.2, 0) is 20.9 Å². The Morgan fingerprint density at radius 2 is 1.86 bits per heavy atom. The highest BCUT2D eigenvalue weighted by molar-refractivity contribution is 8.18. The van der Waals surface area contributed by atoms with Crippen molar-refractivity contribution in [2.24, 2.45) is 0 Å². The number of rotatable bonds is 6. The normalized spacial score (nSPS) is 16.2. The third kappa shape index (κ3) is 4.81. The number of nitrogens with zero attached hydrogens (tertiary/aromatic N) is 1. The average Bonchev–Trinajstić information content (AvgIpc) is 3.00. The Morgan fingerprint density at radius 1 is 1.17 bits per heavy atom. The minimum Gasteiger partial charge on any atom is -0.488 e. The number of hydrogen-bond donors (Lipinski definition) is 0. The summed E-state index contributed by atoms with van der Waals surface area (Å²) in [6, 6.07) is 13.5. The van der Waals surface area contributed by atoms with Gasteiger partial charge in [-0.25, -0.2) is 4.79 Å². The first-order chi connectivity index (χ1) is 13.9. The van der Waals surface area contributed by atoms with Gasteiger partial charge in [0.1, 0.15) is 18.4 Å². The number of para-hydroxylation sites is 1. The van der Waals surface area contributed by atoms with Crippen LogP contribution < -0.4 is 4.74 Å². The van der Waals surface area contributed by atoms with E-state index in [1.54, 1.807) is 30.3 Å². The van der Waals surface area contributed by atoms with Crippen LogP contribution >= 0.6 is 23.4 Å². The molecule has 0 radical (unpaired) electrons. The van der Waals surface area contributed by atoms with Crippen LogP contribution in [0.15, 0.2) is 53.4 Å². The lowest BCUT2D eigenvalue weighted by molar-refractivity contribution is -0.148. The minimum atomic E-state index is -0.991. The Labute approximate surface area is 177 Å². The molecule has 8 heteroatoms. The van der Waals surface area contributed by atoms with Crippen molar-refractivity contribution in [3.05, 3.63) is 69.6 Å². The lowest BCUT2D eigenvalue weighted by Crippen LogP contribution is -2.42. The Hall–Kier alpha value is -2.77. The number of amides is 2. The molecular weight excluding hydrogens is 414 g/mol. The van der Waals surface area contributed by atoms with E-state index in [0.29, 0.717) is 22.9 Å². The quantitative estimate of drug-likeness (QED) is 0.494. The maximum atomic E-state index is 12.7. The van der Waals surface area contributed by atoms with Gasteiger partial charge in [0.05, 0.1) is 12.0 Å². The third-order valence-corrected chi connectivity index (χ3v) is 5.40. The molecule has 0 spiro atoms. The van der Waals surface area contributed by atoms with E-state index in [-0.39, 0.29) is 4.91 Å². The fraction of sp³-hybridized carbons (Fsp3) is 0.190. The molecule has 1 fully saturated rings. The molecule has 1 heterocycles. The SMILES string of the molecule is COC(=O)[C@H](C)N1C(=O)S/C(=C/c2ccccc2OCc2ccc(Cl)cc2)C1=O. The highest BCUT2D eigenvalue weighted by Crippen LogP contribution is 2.35. The van der Waals surface area contributed by atoms with E-state index < -0.39 is 23.2 Å². The van der Waals surface area contributed by atoms with Gasteiger partial charge in [-0.15, -0.1) is 0 Å². The van der Waals surface area contributed by atoms with Gasteiger partial charge in [-0.05, 0) is 48.5 Å². The van der Waals surface area contributed by atoms with Crippen LogP contribution in [-0.4, -0.2) is 35.2 Å². The van der Waals surface area contributed by atoms with Crippen LogP contribution in [0.4, 0.5) is 4.79 Å². The number of hydrogen-bond acceptors (Lipinski definition) is 6. The van der Waals surface area contributed by atoms with E-state index in [1.165, 1.54) is 14.0 Å². The molecule has 0 aliphatic carbocycles. The first-order valence-electron chi connectivity index (χ1n) is 8.72. The molecule has 2 aromatic carbocycles. The van der Waals surface area contributed by atoms with Gasteiger partial charge in [-0.2, -0.15) is 0 Å². The van der Waals surface area contributed by atoms with Gasteiger partial charge < -0.3 is 9.47 Å². The molecule has 6 nitrogen and oxygen atoms in total. The second kappa shape index (κ2) is 9.15. The molecule has 1 atom stereocenters. The molecule has 2 aromatic rings. The van der Waals surface area contributed by atoms with Crippen LogP contribution in [0.5, 0.6) is 5.75 Å². The number of imide groups is 1. The molecule has 1 saturated heterocycles. The predicted molar refractivity (Wildman–Crippen MR) is 112 cm³/mol. The van der Waals surface area contributed by atoms with Gasteiger partial charge in [0, 0.05) is 10.6 Å². The number of benzene rings is 2. The molecule has 1 aliphatic heterocycles. The monoisotopic (exact) mass is 431 g/mol. The summed E-state index contributed by atoms with van der Waals surface area (Å²) in [6.45, 7) is 1.77. The first-order valence-corrected chi connectivity index (χ1v) is 9.91. The number of carbonyl (C=O) groups excluding carboxylic acids is 3. The summed E-state index contributed by atoms with van der Waals surface area (Å²) in [5, 5.41) is 0.129. The van der Waals surface area contributed by atoms with Gasteiger partial charge in [-0.1, -0.05) is 41.9 Å². The van der Waals surface area contributed by atoms with Gasteiger partial charge in [0.2, 0.25) is 0 Å². The van der Waals surface area contributed by atoms with E-state index in [1.807, 2.05) is 24.3 Å². The molecule has 0 unspecified atom stereocenters. The van der Waals surface area contributed by atoms with E-state index in [9.17, 15) is 14.4 Å². The minimum absolute atomic E-state index is 0.216. The van der Waals surface area contributed by atoms with Crippen LogP contribution in [0, 0.1) is 0 Å². The zero-order valence-corrected chi connectivity index (χ0v) is 17.3. The molecule has 3 rings (SSSR count). The van der Waals surface area contributed by atoms with E-state index in [4.69, 9.17) is 16.3 Å². The fourth-order valence-corrected chi connectivity index (χ4v) is 3.73. The number of carbonyl (C=O) groups is 3. The summed E-state index contributed by atoms with van der Waals surface area (Å²) in [4.78, 5) is 37.8. The third-order valence-electron chi connectivity index (χ3n) is 4.27. The molecule has 0 N–H and O–H groups in total. The van der Waals surface area contributed by atoms with Crippen molar-refractivity contribution in [2.45, 2.75) is 19.6 Å². The topological polar surface area (TPSA) is 72.9 Å². The zero-order chi connectivity index (χ0) is 21.0. The van der Waals surface area contributed by atoms with Crippen LogP contribution in [0.1, 0.15) is 18.1 Å². The van der Waals surface area contributed by atoms with E-state index >= 15 is 0 Å². The molecule has 29 heavy (non-hydrogen) atoms. The number of methoxy groups -OCH3 is 1. The molecule has 0 aromatic heterocycles. The lowest BCUT2D eigenvalue weighted by atomic mass is 10.1. The maximum absolute atomic E-state index is 12.7. The number of esters is 1. The van der Waals surface area contributed by atoms with Gasteiger partial charge in [0.15, 0.2) is 0 Å². The highest BCUT2D eigenvalue weighted by Gasteiger charge is 2.41. The predicted octanol–water partition coefficient (Wildman–Crippen LogP) is 4.52. The summed E-state index contributed by atoms with van der Waals surface area (Å²) in [5.74, 6) is -0.624. The molecule has 150 valence electrons. The summed E-state index contributed by atoms with van der Waals surface area (Å²) in [7, 11) is 1.21. The Balaban J connectivity index is 1.80. The maximum Gasteiger partial charge on any atom is 0.328 e. The van der Waals surface area contributed by atoms with Gasteiger partial charge in [0.25, 0.3) is 11.1 Å². The van der Waals surface area contributed by atoms with Crippen LogP contribution in [0.3, 0.4) is 0 Å². The average molecular weight is 432 g/mol. The van der Waals surface area contributed by atoms with Crippen molar-refractivity contribution in [1.29, 1.82) is 0 Å². The molecule has 0 saturated carbocycles. The van der Waals surface area contributed by atoms with Crippen molar-refractivity contribution in [1.82, 2.24) is 4.90 Å². The van der Waals surface area contributed by atoms with Crippen LogP contribution in [0.2, 0.25) is 5.02 Å². The second-order valence-electron chi connectivity index (χ2n) is 6.20. The number of ether oxygens (including phenoxy) is 2. The number of thioether (sulfide) groups is 1. The van der Waals surface area contributed by atoms with Crippen molar-refractivity contribution >= 4 is 46.6 Å². The van der Waals surface area contributed by atoms with Crippen LogP contribution in [0.25, 0.3) is 6.08 Å².